The molecule has 0 saturated carbocycles. The first kappa shape index (κ1) is 12.7. The standard InChI is InChI=1S/C12H19BrN2/c1-5-12(2,3)15(4)9-10-6-11(13)8-14-7-10/h6-8H,5,9H2,1-4H3. The van der Waals surface area contributed by atoms with Gasteiger partial charge in [0.2, 0.25) is 0 Å². The van der Waals surface area contributed by atoms with Gasteiger partial charge in [0.1, 0.15) is 0 Å². The van der Waals surface area contributed by atoms with Crippen molar-refractivity contribution in [1.82, 2.24) is 9.88 Å². The molecule has 0 saturated heterocycles. The van der Waals surface area contributed by atoms with Gasteiger partial charge >= 0.3 is 0 Å². The maximum absolute atomic E-state index is 4.17. The van der Waals surface area contributed by atoms with Gasteiger partial charge in [-0.1, -0.05) is 6.92 Å². The van der Waals surface area contributed by atoms with Crippen LogP contribution < -0.4 is 0 Å². The van der Waals surface area contributed by atoms with Crippen molar-refractivity contribution < 1.29 is 0 Å². The van der Waals surface area contributed by atoms with Crippen molar-refractivity contribution in [2.75, 3.05) is 7.05 Å². The SMILES string of the molecule is CCC(C)(C)N(C)Cc1cncc(Br)c1. The third-order valence-corrected chi connectivity index (χ3v) is 3.51. The summed E-state index contributed by atoms with van der Waals surface area (Å²) < 4.78 is 1.04. The topological polar surface area (TPSA) is 16.1 Å². The number of aromatic nitrogens is 1. The Morgan fingerprint density at radius 2 is 2.07 bits per heavy atom. The van der Waals surface area contributed by atoms with Crippen LogP contribution in [0.15, 0.2) is 22.9 Å². The molecule has 0 N–H and O–H groups in total. The van der Waals surface area contributed by atoms with Crippen LogP contribution in [0.4, 0.5) is 0 Å². The average Bonchev–Trinajstić information content (AvgIpc) is 2.17. The third kappa shape index (κ3) is 3.58. The van der Waals surface area contributed by atoms with Crippen molar-refractivity contribution in [3.05, 3.63) is 28.5 Å². The Labute approximate surface area is 101 Å². The molecule has 84 valence electrons. The van der Waals surface area contributed by atoms with Crippen molar-refractivity contribution in [1.29, 1.82) is 0 Å². The molecule has 2 nitrogen and oxygen atoms in total. The van der Waals surface area contributed by atoms with Gasteiger partial charge in [0.25, 0.3) is 0 Å². The summed E-state index contributed by atoms with van der Waals surface area (Å²) in [5.74, 6) is 0. The molecule has 0 amide bonds. The fourth-order valence-corrected chi connectivity index (χ4v) is 1.71. The molecular weight excluding hydrogens is 252 g/mol. The van der Waals surface area contributed by atoms with Gasteiger partial charge in [-0.05, 0) is 54.9 Å². The Bertz CT molecular complexity index is 323. The molecule has 0 bridgehead atoms. The Morgan fingerprint density at radius 1 is 1.40 bits per heavy atom. The van der Waals surface area contributed by atoms with Crippen molar-refractivity contribution in [3.8, 4) is 0 Å². The molecule has 0 fully saturated rings. The maximum atomic E-state index is 4.17. The Balaban J connectivity index is 2.70. The van der Waals surface area contributed by atoms with E-state index in [0.717, 1.165) is 17.4 Å². The molecule has 0 unspecified atom stereocenters. The molecule has 1 heterocycles. The summed E-state index contributed by atoms with van der Waals surface area (Å²) in [5, 5.41) is 0. The average molecular weight is 271 g/mol. The largest absolute Gasteiger partial charge is 0.297 e. The lowest BCUT2D eigenvalue weighted by molar-refractivity contribution is 0.143. The molecule has 1 aromatic rings. The van der Waals surface area contributed by atoms with Crippen LogP contribution in [-0.4, -0.2) is 22.5 Å². The minimum absolute atomic E-state index is 0.238. The van der Waals surface area contributed by atoms with Crippen LogP contribution in [-0.2, 0) is 6.54 Å². The van der Waals surface area contributed by atoms with E-state index in [2.05, 4.69) is 59.7 Å². The van der Waals surface area contributed by atoms with E-state index in [-0.39, 0.29) is 5.54 Å². The maximum Gasteiger partial charge on any atom is 0.0410 e. The summed E-state index contributed by atoms with van der Waals surface area (Å²) in [6, 6.07) is 2.12. The zero-order valence-electron chi connectivity index (χ0n) is 9.92. The number of halogens is 1. The van der Waals surface area contributed by atoms with E-state index in [1.54, 1.807) is 0 Å². The van der Waals surface area contributed by atoms with Crippen molar-refractivity contribution in [2.24, 2.45) is 0 Å². The summed E-state index contributed by atoms with van der Waals surface area (Å²) in [6.07, 6.45) is 4.88. The highest BCUT2D eigenvalue weighted by molar-refractivity contribution is 9.10. The van der Waals surface area contributed by atoms with Gasteiger partial charge in [0, 0.05) is 29.0 Å². The van der Waals surface area contributed by atoms with E-state index in [1.165, 1.54) is 5.56 Å². The third-order valence-electron chi connectivity index (χ3n) is 3.08. The van der Waals surface area contributed by atoms with Gasteiger partial charge in [-0.15, -0.1) is 0 Å². The van der Waals surface area contributed by atoms with E-state index in [9.17, 15) is 0 Å². The summed E-state index contributed by atoms with van der Waals surface area (Å²) in [4.78, 5) is 6.53. The Hall–Kier alpha value is -0.410. The summed E-state index contributed by atoms with van der Waals surface area (Å²) in [6.45, 7) is 7.68. The predicted octanol–water partition coefficient (Wildman–Crippen LogP) is 3.46. The van der Waals surface area contributed by atoms with Crippen LogP contribution in [0.5, 0.6) is 0 Å². The van der Waals surface area contributed by atoms with Crippen molar-refractivity contribution in [2.45, 2.75) is 39.3 Å². The van der Waals surface area contributed by atoms with E-state index < -0.39 is 0 Å². The van der Waals surface area contributed by atoms with E-state index in [4.69, 9.17) is 0 Å². The molecule has 0 atom stereocenters. The Morgan fingerprint density at radius 3 is 2.60 bits per heavy atom. The first-order chi connectivity index (χ1) is 6.95. The molecule has 0 aliphatic carbocycles. The zero-order chi connectivity index (χ0) is 11.5. The van der Waals surface area contributed by atoms with Gasteiger partial charge in [-0.25, -0.2) is 0 Å². The highest BCUT2D eigenvalue weighted by Crippen LogP contribution is 2.19. The zero-order valence-corrected chi connectivity index (χ0v) is 11.5. The monoisotopic (exact) mass is 270 g/mol. The highest BCUT2D eigenvalue weighted by atomic mass is 79.9. The van der Waals surface area contributed by atoms with Crippen LogP contribution in [0.3, 0.4) is 0 Å². The first-order valence-corrected chi connectivity index (χ1v) is 6.05. The number of hydrogen-bond donors (Lipinski definition) is 0. The number of rotatable bonds is 4. The minimum Gasteiger partial charge on any atom is -0.297 e. The second-order valence-electron chi connectivity index (χ2n) is 4.53. The lowest BCUT2D eigenvalue weighted by Crippen LogP contribution is -2.39. The molecule has 0 aromatic carbocycles. The quantitative estimate of drug-likeness (QED) is 0.833. The lowest BCUT2D eigenvalue weighted by Gasteiger charge is -2.34. The molecule has 1 rings (SSSR count). The number of hydrogen-bond acceptors (Lipinski definition) is 2. The van der Waals surface area contributed by atoms with Crippen LogP contribution in [0.25, 0.3) is 0 Å². The molecule has 1 aromatic heterocycles. The lowest BCUT2D eigenvalue weighted by atomic mass is 9.99. The highest BCUT2D eigenvalue weighted by Gasteiger charge is 2.20. The molecule has 0 radical (unpaired) electrons. The fourth-order valence-electron chi connectivity index (χ4n) is 1.30. The second-order valence-corrected chi connectivity index (χ2v) is 5.45. The number of nitrogens with zero attached hydrogens (tertiary/aromatic N) is 2. The molecule has 0 aliphatic rings. The molecule has 0 spiro atoms. The number of pyridine rings is 1. The van der Waals surface area contributed by atoms with Gasteiger partial charge in [0.05, 0.1) is 0 Å². The molecule has 15 heavy (non-hydrogen) atoms. The van der Waals surface area contributed by atoms with Crippen LogP contribution in [0.2, 0.25) is 0 Å². The summed E-state index contributed by atoms with van der Waals surface area (Å²) >= 11 is 3.44. The van der Waals surface area contributed by atoms with Crippen molar-refractivity contribution in [3.63, 3.8) is 0 Å². The predicted molar refractivity (Wildman–Crippen MR) is 67.8 cm³/mol. The normalized spacial score (nSPS) is 12.1. The first-order valence-electron chi connectivity index (χ1n) is 5.26. The molecule has 0 aliphatic heterocycles. The Kier molecular flexibility index (Phi) is 4.29. The van der Waals surface area contributed by atoms with Gasteiger partial charge in [-0.2, -0.15) is 0 Å². The van der Waals surface area contributed by atoms with Crippen molar-refractivity contribution >= 4 is 15.9 Å². The molecule has 3 heteroatoms. The smallest absolute Gasteiger partial charge is 0.0410 e. The van der Waals surface area contributed by atoms with Gasteiger partial charge < -0.3 is 0 Å². The van der Waals surface area contributed by atoms with E-state index in [0.29, 0.717) is 0 Å². The van der Waals surface area contributed by atoms with Gasteiger partial charge in [-0.3, -0.25) is 9.88 Å². The molecular formula is C12H19BrN2. The van der Waals surface area contributed by atoms with Crippen LogP contribution >= 0.6 is 15.9 Å². The van der Waals surface area contributed by atoms with E-state index >= 15 is 0 Å². The van der Waals surface area contributed by atoms with Gasteiger partial charge in [0.15, 0.2) is 0 Å². The van der Waals surface area contributed by atoms with Crippen LogP contribution in [0, 0.1) is 0 Å². The summed E-state index contributed by atoms with van der Waals surface area (Å²) in [5.41, 5.74) is 1.48. The van der Waals surface area contributed by atoms with E-state index in [1.807, 2.05) is 12.4 Å². The van der Waals surface area contributed by atoms with Crippen LogP contribution in [0.1, 0.15) is 32.8 Å². The fraction of sp³-hybridized carbons (Fsp3) is 0.583. The second kappa shape index (κ2) is 5.08. The summed E-state index contributed by atoms with van der Waals surface area (Å²) in [7, 11) is 2.16. The minimum atomic E-state index is 0.238.